The third kappa shape index (κ3) is 5.71. The van der Waals surface area contributed by atoms with E-state index in [1.54, 1.807) is 0 Å². The summed E-state index contributed by atoms with van der Waals surface area (Å²) in [6.07, 6.45) is 0.909. The van der Waals surface area contributed by atoms with Crippen LogP contribution in [0.2, 0.25) is 0 Å². The van der Waals surface area contributed by atoms with Crippen LogP contribution in [0.4, 0.5) is 0 Å². The van der Waals surface area contributed by atoms with Gasteiger partial charge in [-0.15, -0.1) is 0 Å². The van der Waals surface area contributed by atoms with Crippen molar-refractivity contribution < 1.29 is 19.4 Å². The Morgan fingerprint density at radius 2 is 1.62 bits per heavy atom. The van der Waals surface area contributed by atoms with Gasteiger partial charge in [0.1, 0.15) is 24.7 Å². The number of amides is 1. The third-order valence-electron chi connectivity index (χ3n) is 5.27. The fourth-order valence-electron chi connectivity index (χ4n) is 3.56. The van der Waals surface area contributed by atoms with Crippen molar-refractivity contribution in [2.45, 2.75) is 19.4 Å². The van der Waals surface area contributed by atoms with Gasteiger partial charge in [0, 0.05) is 32.2 Å². The summed E-state index contributed by atoms with van der Waals surface area (Å²) >= 11 is 0. The highest BCUT2D eigenvalue weighted by Crippen LogP contribution is 2.21. The summed E-state index contributed by atoms with van der Waals surface area (Å²) in [6.45, 7) is 5.87. The largest absolute Gasteiger partial charge is 0.490 e. The average molecular weight is 399 g/mol. The van der Waals surface area contributed by atoms with Gasteiger partial charge >= 0.3 is 0 Å². The number of hydrogen-bond acceptors (Lipinski definition) is 5. The van der Waals surface area contributed by atoms with Gasteiger partial charge in [0.2, 0.25) is 0 Å². The smallest absolute Gasteiger partial charge is 0.257 e. The molecule has 6 heteroatoms. The highest BCUT2D eigenvalue weighted by atomic mass is 16.5. The normalized spacial score (nSPS) is 15.7. The molecule has 1 aliphatic heterocycles. The number of rotatable bonds is 9. The second-order valence-corrected chi connectivity index (χ2v) is 7.08. The van der Waals surface area contributed by atoms with Crippen LogP contribution in [-0.4, -0.2) is 72.9 Å². The average Bonchev–Trinajstić information content (AvgIpc) is 2.78. The maximum Gasteiger partial charge on any atom is 0.257 e. The van der Waals surface area contributed by atoms with E-state index in [9.17, 15) is 9.90 Å². The molecule has 0 aliphatic carbocycles. The Kier molecular flexibility index (Phi) is 7.90. The van der Waals surface area contributed by atoms with Crippen LogP contribution in [-0.2, 0) is 0 Å². The van der Waals surface area contributed by atoms with Gasteiger partial charge < -0.3 is 19.5 Å². The topological polar surface area (TPSA) is 62.2 Å². The Bertz CT molecular complexity index is 756. The number of hydrogen-bond donors (Lipinski definition) is 1. The molecule has 3 rings (SSSR count). The summed E-state index contributed by atoms with van der Waals surface area (Å²) in [7, 11) is 0. The Morgan fingerprint density at radius 3 is 2.31 bits per heavy atom. The molecule has 1 amide bonds. The third-order valence-corrected chi connectivity index (χ3v) is 5.27. The Balaban J connectivity index is 1.53. The fourth-order valence-corrected chi connectivity index (χ4v) is 3.56. The lowest BCUT2D eigenvalue weighted by Gasteiger charge is -2.38. The molecule has 29 heavy (non-hydrogen) atoms. The predicted octanol–water partition coefficient (Wildman–Crippen LogP) is 2.67. The highest BCUT2D eigenvalue weighted by molar-refractivity contribution is 5.97. The van der Waals surface area contributed by atoms with Gasteiger partial charge in [0.05, 0.1) is 12.2 Å². The van der Waals surface area contributed by atoms with Gasteiger partial charge in [-0.2, -0.15) is 0 Å². The quantitative estimate of drug-likeness (QED) is 0.658. The standard InChI is InChI=1S/C23H30N2O4/c1-2-19(18-26)24-12-14-25(15-13-24)23(27)21-10-6-7-11-22(21)29-17-16-28-20-8-4-3-5-9-20/h3-11,19,26H,2,12-18H2,1H3/t19-/m1/s1. The molecular weight excluding hydrogens is 368 g/mol. The SMILES string of the molecule is CC[C@H](CO)N1CCN(C(=O)c2ccccc2OCCOc2ccccc2)CC1. The molecule has 0 spiro atoms. The lowest BCUT2D eigenvalue weighted by atomic mass is 10.1. The van der Waals surface area contributed by atoms with E-state index in [4.69, 9.17) is 9.47 Å². The monoisotopic (exact) mass is 398 g/mol. The molecule has 0 unspecified atom stereocenters. The van der Waals surface area contributed by atoms with Gasteiger partial charge in [-0.1, -0.05) is 37.3 Å². The second kappa shape index (κ2) is 10.8. The summed E-state index contributed by atoms with van der Waals surface area (Å²) in [6, 6.07) is 17.1. The maximum atomic E-state index is 13.0. The minimum absolute atomic E-state index is 0.0127. The maximum absolute atomic E-state index is 13.0. The van der Waals surface area contributed by atoms with Crippen molar-refractivity contribution in [3.8, 4) is 11.5 Å². The number of ether oxygens (including phenoxy) is 2. The first-order valence-electron chi connectivity index (χ1n) is 10.3. The van der Waals surface area contributed by atoms with Gasteiger partial charge in [0.15, 0.2) is 0 Å². The van der Waals surface area contributed by atoms with Gasteiger partial charge in [0.25, 0.3) is 5.91 Å². The lowest BCUT2D eigenvalue weighted by Crippen LogP contribution is -2.52. The van der Waals surface area contributed by atoms with Crippen molar-refractivity contribution in [3.63, 3.8) is 0 Å². The van der Waals surface area contributed by atoms with Crippen molar-refractivity contribution in [2.75, 3.05) is 46.0 Å². The first-order valence-corrected chi connectivity index (χ1v) is 10.3. The van der Waals surface area contributed by atoms with E-state index in [1.807, 2.05) is 59.5 Å². The zero-order valence-corrected chi connectivity index (χ0v) is 17.0. The highest BCUT2D eigenvalue weighted by Gasteiger charge is 2.26. The van der Waals surface area contributed by atoms with Crippen LogP contribution < -0.4 is 9.47 Å². The fraction of sp³-hybridized carbons (Fsp3) is 0.435. The van der Waals surface area contributed by atoms with Gasteiger partial charge in [-0.25, -0.2) is 0 Å². The van der Waals surface area contributed by atoms with Crippen molar-refractivity contribution in [1.29, 1.82) is 0 Å². The van der Waals surface area contributed by atoms with E-state index in [0.29, 0.717) is 37.6 Å². The molecule has 2 aromatic rings. The summed E-state index contributed by atoms with van der Waals surface area (Å²) in [5.41, 5.74) is 0.579. The van der Waals surface area contributed by atoms with Crippen molar-refractivity contribution in [3.05, 3.63) is 60.2 Å². The number of aliphatic hydroxyl groups is 1. The molecular formula is C23H30N2O4. The summed E-state index contributed by atoms with van der Waals surface area (Å²) in [4.78, 5) is 17.2. The summed E-state index contributed by atoms with van der Waals surface area (Å²) < 4.78 is 11.5. The van der Waals surface area contributed by atoms with Gasteiger partial charge in [-0.05, 0) is 30.7 Å². The Labute approximate surface area is 172 Å². The molecule has 1 fully saturated rings. The van der Waals surface area contributed by atoms with Crippen LogP contribution in [0.3, 0.4) is 0 Å². The minimum Gasteiger partial charge on any atom is -0.490 e. The summed E-state index contributed by atoms with van der Waals surface area (Å²) in [5.74, 6) is 1.37. The van der Waals surface area contributed by atoms with E-state index in [-0.39, 0.29) is 18.6 Å². The van der Waals surface area contributed by atoms with E-state index in [1.165, 1.54) is 0 Å². The molecule has 1 aliphatic rings. The molecule has 2 aromatic carbocycles. The van der Waals surface area contributed by atoms with E-state index in [0.717, 1.165) is 25.3 Å². The van der Waals surface area contributed by atoms with Crippen LogP contribution >= 0.6 is 0 Å². The summed E-state index contributed by atoms with van der Waals surface area (Å²) in [5, 5.41) is 9.49. The predicted molar refractivity (Wildman–Crippen MR) is 113 cm³/mol. The number of carbonyl (C=O) groups is 1. The molecule has 0 saturated carbocycles. The molecule has 1 heterocycles. The van der Waals surface area contributed by atoms with Crippen LogP contribution in [0.15, 0.2) is 54.6 Å². The molecule has 1 atom stereocenters. The number of carbonyl (C=O) groups excluding carboxylic acids is 1. The minimum atomic E-state index is -0.0127. The molecule has 1 saturated heterocycles. The Morgan fingerprint density at radius 1 is 0.966 bits per heavy atom. The number of para-hydroxylation sites is 2. The van der Waals surface area contributed by atoms with Crippen LogP contribution in [0.5, 0.6) is 11.5 Å². The number of nitrogens with zero attached hydrogens (tertiary/aromatic N) is 2. The van der Waals surface area contributed by atoms with Crippen LogP contribution in [0.1, 0.15) is 23.7 Å². The molecule has 1 N–H and O–H groups in total. The first-order chi connectivity index (χ1) is 14.2. The van der Waals surface area contributed by atoms with E-state index in [2.05, 4.69) is 11.8 Å². The van der Waals surface area contributed by atoms with Crippen LogP contribution in [0.25, 0.3) is 0 Å². The van der Waals surface area contributed by atoms with Crippen LogP contribution in [0, 0.1) is 0 Å². The van der Waals surface area contributed by atoms with Crippen molar-refractivity contribution in [2.24, 2.45) is 0 Å². The second-order valence-electron chi connectivity index (χ2n) is 7.08. The zero-order valence-electron chi connectivity index (χ0n) is 17.0. The van der Waals surface area contributed by atoms with E-state index >= 15 is 0 Å². The van der Waals surface area contributed by atoms with Crippen molar-refractivity contribution in [1.82, 2.24) is 9.80 Å². The zero-order chi connectivity index (χ0) is 20.5. The molecule has 6 nitrogen and oxygen atoms in total. The van der Waals surface area contributed by atoms with E-state index < -0.39 is 0 Å². The lowest BCUT2D eigenvalue weighted by molar-refractivity contribution is 0.0469. The number of aliphatic hydroxyl groups excluding tert-OH is 1. The first kappa shape index (κ1) is 21.1. The number of piperazine rings is 1. The number of benzene rings is 2. The van der Waals surface area contributed by atoms with Gasteiger partial charge in [-0.3, -0.25) is 9.69 Å². The Hall–Kier alpha value is -2.57. The molecule has 0 aromatic heterocycles. The molecule has 0 radical (unpaired) electrons. The van der Waals surface area contributed by atoms with Crippen molar-refractivity contribution >= 4 is 5.91 Å². The molecule has 156 valence electrons. The molecule has 0 bridgehead atoms.